The van der Waals surface area contributed by atoms with Crippen molar-refractivity contribution >= 4 is 34.5 Å². The molecule has 2 amide bonds. The van der Waals surface area contributed by atoms with Gasteiger partial charge in [0, 0.05) is 18.5 Å². The van der Waals surface area contributed by atoms with Crippen LogP contribution in [0.5, 0.6) is 0 Å². The normalized spacial score (nSPS) is 10.2. The molecule has 0 atom stereocenters. The van der Waals surface area contributed by atoms with E-state index in [9.17, 15) is 19.2 Å². The number of hydrogen-bond acceptors (Lipinski definition) is 6. The molecule has 148 valence electrons. The molecule has 0 aliphatic rings. The molecule has 8 nitrogen and oxygen atoms in total. The van der Waals surface area contributed by atoms with Crippen molar-refractivity contribution < 1.29 is 28.7 Å². The zero-order valence-corrected chi connectivity index (χ0v) is 15.5. The first-order valence-electron chi connectivity index (χ1n) is 8.75. The predicted molar refractivity (Wildman–Crippen MR) is 101 cm³/mol. The van der Waals surface area contributed by atoms with Gasteiger partial charge in [0.05, 0.1) is 7.11 Å². The van der Waals surface area contributed by atoms with Gasteiger partial charge in [0.15, 0.2) is 6.61 Å². The molecular formula is C20H22N2O6. The largest absolute Gasteiger partial charge is 0.469 e. The van der Waals surface area contributed by atoms with E-state index in [1.165, 1.54) is 7.11 Å². The Morgan fingerprint density at radius 1 is 0.929 bits per heavy atom. The van der Waals surface area contributed by atoms with Gasteiger partial charge in [-0.1, -0.05) is 30.3 Å². The maximum Gasteiger partial charge on any atom is 0.325 e. The number of hydrogen-bond donors (Lipinski definition) is 2. The van der Waals surface area contributed by atoms with Crippen LogP contribution in [0.25, 0.3) is 10.8 Å². The van der Waals surface area contributed by atoms with E-state index in [4.69, 9.17) is 4.74 Å². The molecule has 0 saturated heterocycles. The number of rotatable bonds is 9. The van der Waals surface area contributed by atoms with Crippen molar-refractivity contribution in [1.82, 2.24) is 10.6 Å². The number of carbonyl (C=O) groups is 4. The zero-order valence-electron chi connectivity index (χ0n) is 15.5. The Hall–Kier alpha value is -3.42. The summed E-state index contributed by atoms with van der Waals surface area (Å²) in [5.74, 6) is -1.98. The van der Waals surface area contributed by atoms with E-state index in [0.29, 0.717) is 12.0 Å². The van der Waals surface area contributed by atoms with Gasteiger partial charge >= 0.3 is 11.9 Å². The Labute approximate surface area is 162 Å². The van der Waals surface area contributed by atoms with E-state index < -0.39 is 24.4 Å². The molecule has 0 fully saturated rings. The maximum atomic E-state index is 12.1. The summed E-state index contributed by atoms with van der Waals surface area (Å²) in [5.41, 5.74) is 0.426. The third-order valence-electron chi connectivity index (χ3n) is 3.88. The second-order valence-corrected chi connectivity index (χ2v) is 5.93. The first-order valence-corrected chi connectivity index (χ1v) is 8.75. The number of fused-ring (bicyclic) bond motifs is 1. The van der Waals surface area contributed by atoms with Gasteiger partial charge in [0.25, 0.3) is 11.8 Å². The van der Waals surface area contributed by atoms with Crippen LogP contribution in [-0.4, -0.2) is 50.6 Å². The highest BCUT2D eigenvalue weighted by Crippen LogP contribution is 2.15. The molecule has 2 aromatic carbocycles. The number of nitrogens with one attached hydrogen (secondary N) is 2. The van der Waals surface area contributed by atoms with Crippen LogP contribution in [0.3, 0.4) is 0 Å². The van der Waals surface area contributed by atoms with Crippen molar-refractivity contribution in [3.63, 3.8) is 0 Å². The molecule has 8 heteroatoms. The van der Waals surface area contributed by atoms with Gasteiger partial charge < -0.3 is 20.1 Å². The topological polar surface area (TPSA) is 111 Å². The molecule has 0 radical (unpaired) electrons. The number of esters is 2. The standard InChI is InChI=1S/C20H22N2O6/c1-27-18(24)7-4-10-21-17(23)13-28-19(25)12-22-20(26)16-9-8-14-5-2-3-6-15(14)11-16/h2-3,5-6,8-9,11H,4,7,10,12-13H2,1H3,(H,21,23)(H,22,26). The fourth-order valence-corrected chi connectivity index (χ4v) is 2.40. The third kappa shape index (κ3) is 6.71. The number of benzene rings is 2. The highest BCUT2D eigenvalue weighted by Gasteiger charge is 2.11. The highest BCUT2D eigenvalue weighted by molar-refractivity contribution is 5.99. The van der Waals surface area contributed by atoms with Gasteiger partial charge in [-0.3, -0.25) is 19.2 Å². The lowest BCUT2D eigenvalue weighted by atomic mass is 10.1. The zero-order chi connectivity index (χ0) is 20.4. The van der Waals surface area contributed by atoms with Crippen LogP contribution in [0.2, 0.25) is 0 Å². The van der Waals surface area contributed by atoms with E-state index in [-0.39, 0.29) is 25.5 Å². The summed E-state index contributed by atoms with van der Waals surface area (Å²) in [6, 6.07) is 12.9. The molecule has 0 bridgehead atoms. The maximum absolute atomic E-state index is 12.1. The molecule has 2 N–H and O–H groups in total. The number of amides is 2. The minimum atomic E-state index is -0.723. The average Bonchev–Trinajstić information content (AvgIpc) is 2.72. The summed E-state index contributed by atoms with van der Waals surface area (Å²) < 4.78 is 9.28. The molecule has 0 aliphatic carbocycles. The highest BCUT2D eigenvalue weighted by atomic mass is 16.5. The Kier molecular flexibility index (Phi) is 7.95. The van der Waals surface area contributed by atoms with E-state index in [0.717, 1.165) is 10.8 Å². The number of ether oxygens (including phenoxy) is 2. The second kappa shape index (κ2) is 10.7. The first-order chi connectivity index (χ1) is 13.5. The predicted octanol–water partition coefficient (Wildman–Crippen LogP) is 1.18. The smallest absolute Gasteiger partial charge is 0.325 e. The molecule has 0 aliphatic heterocycles. The molecule has 0 unspecified atom stereocenters. The summed E-state index contributed by atoms with van der Waals surface area (Å²) in [6.45, 7) is -0.533. The summed E-state index contributed by atoms with van der Waals surface area (Å²) >= 11 is 0. The van der Waals surface area contributed by atoms with Crippen molar-refractivity contribution in [2.24, 2.45) is 0 Å². The SMILES string of the molecule is COC(=O)CCCNC(=O)COC(=O)CNC(=O)c1ccc2ccccc2c1. The number of methoxy groups -OCH3 is 1. The van der Waals surface area contributed by atoms with Gasteiger partial charge in [-0.2, -0.15) is 0 Å². The fraction of sp³-hybridized carbons (Fsp3) is 0.300. The molecule has 0 spiro atoms. The summed E-state index contributed by atoms with van der Waals surface area (Å²) in [4.78, 5) is 46.3. The minimum Gasteiger partial charge on any atom is -0.469 e. The van der Waals surface area contributed by atoms with Gasteiger partial charge in [-0.25, -0.2) is 0 Å². The summed E-state index contributed by atoms with van der Waals surface area (Å²) in [5, 5.41) is 6.90. The molecule has 0 aromatic heterocycles. The van der Waals surface area contributed by atoms with E-state index >= 15 is 0 Å². The van der Waals surface area contributed by atoms with Crippen LogP contribution in [0.4, 0.5) is 0 Å². The molecule has 28 heavy (non-hydrogen) atoms. The number of carbonyl (C=O) groups excluding carboxylic acids is 4. The van der Waals surface area contributed by atoms with Crippen molar-refractivity contribution in [3.05, 3.63) is 48.0 Å². The lowest BCUT2D eigenvalue weighted by Gasteiger charge is -2.08. The van der Waals surface area contributed by atoms with Gasteiger partial charge in [0.2, 0.25) is 0 Å². The van der Waals surface area contributed by atoms with E-state index in [2.05, 4.69) is 15.4 Å². The van der Waals surface area contributed by atoms with Crippen LogP contribution in [0.15, 0.2) is 42.5 Å². The van der Waals surface area contributed by atoms with Crippen molar-refractivity contribution in [2.45, 2.75) is 12.8 Å². The molecular weight excluding hydrogens is 364 g/mol. The van der Waals surface area contributed by atoms with Crippen molar-refractivity contribution in [3.8, 4) is 0 Å². The Morgan fingerprint density at radius 2 is 1.68 bits per heavy atom. The van der Waals surface area contributed by atoms with Gasteiger partial charge in [0.1, 0.15) is 6.54 Å². The second-order valence-electron chi connectivity index (χ2n) is 5.93. The minimum absolute atomic E-state index is 0.192. The Bertz CT molecular complexity index is 865. The van der Waals surface area contributed by atoms with Crippen LogP contribution < -0.4 is 10.6 Å². The monoisotopic (exact) mass is 386 g/mol. The van der Waals surface area contributed by atoms with Crippen LogP contribution in [0, 0.1) is 0 Å². The van der Waals surface area contributed by atoms with E-state index in [1.54, 1.807) is 12.1 Å². The van der Waals surface area contributed by atoms with E-state index in [1.807, 2.05) is 30.3 Å². The molecule has 2 aromatic rings. The molecule has 2 rings (SSSR count). The Balaban J connectivity index is 1.67. The quantitative estimate of drug-likeness (QED) is 0.495. The van der Waals surface area contributed by atoms with Gasteiger partial charge in [-0.15, -0.1) is 0 Å². The first kappa shape index (κ1) is 20.9. The van der Waals surface area contributed by atoms with Crippen LogP contribution in [-0.2, 0) is 23.9 Å². The Morgan fingerprint density at radius 3 is 2.43 bits per heavy atom. The van der Waals surface area contributed by atoms with Gasteiger partial charge in [-0.05, 0) is 29.3 Å². The molecule has 0 heterocycles. The lowest BCUT2D eigenvalue weighted by Crippen LogP contribution is -2.34. The average molecular weight is 386 g/mol. The fourth-order valence-electron chi connectivity index (χ4n) is 2.40. The summed E-state index contributed by atoms with van der Waals surface area (Å²) in [7, 11) is 1.29. The van der Waals surface area contributed by atoms with Crippen molar-refractivity contribution in [2.75, 3.05) is 26.8 Å². The van der Waals surface area contributed by atoms with Crippen molar-refractivity contribution in [1.29, 1.82) is 0 Å². The molecule has 0 saturated carbocycles. The van der Waals surface area contributed by atoms with Crippen LogP contribution >= 0.6 is 0 Å². The summed E-state index contributed by atoms with van der Waals surface area (Å²) in [6.07, 6.45) is 0.617. The van der Waals surface area contributed by atoms with Crippen LogP contribution in [0.1, 0.15) is 23.2 Å². The third-order valence-corrected chi connectivity index (χ3v) is 3.88. The lowest BCUT2D eigenvalue weighted by molar-refractivity contribution is -0.147.